The highest BCUT2D eigenvalue weighted by molar-refractivity contribution is 7.93. The van der Waals surface area contributed by atoms with Crippen LogP contribution in [0.15, 0.2) is 65.6 Å². The van der Waals surface area contributed by atoms with Gasteiger partial charge in [-0.05, 0) is 54.4 Å². The van der Waals surface area contributed by atoms with Gasteiger partial charge in [0.2, 0.25) is 10.0 Å². The number of fused-ring (bicyclic) bond motifs is 1. The molecule has 0 saturated carbocycles. The van der Waals surface area contributed by atoms with Gasteiger partial charge in [0.15, 0.2) is 0 Å². The van der Waals surface area contributed by atoms with Crippen molar-refractivity contribution in [2.45, 2.75) is 6.42 Å². The molecule has 0 spiro atoms. The van der Waals surface area contributed by atoms with E-state index in [4.69, 9.17) is 11.6 Å². The van der Waals surface area contributed by atoms with Gasteiger partial charge >= 0.3 is 5.69 Å². The van der Waals surface area contributed by atoms with Gasteiger partial charge in [0.05, 0.1) is 11.3 Å². The van der Waals surface area contributed by atoms with Crippen LogP contribution < -0.4 is 14.9 Å². The first-order valence-electron chi connectivity index (χ1n) is 10.3. The number of hydrogen-bond acceptors (Lipinski definition) is 6. The van der Waals surface area contributed by atoms with Crippen molar-refractivity contribution in [3.8, 4) is 11.1 Å². The van der Waals surface area contributed by atoms with E-state index in [0.717, 1.165) is 22.2 Å². The van der Waals surface area contributed by atoms with Gasteiger partial charge in [-0.3, -0.25) is 4.31 Å². The fraction of sp³-hybridized carbons (Fsp3) is 0.174. The van der Waals surface area contributed by atoms with Crippen LogP contribution in [0.3, 0.4) is 0 Å². The Morgan fingerprint density at radius 1 is 1.09 bits per heavy atom. The summed E-state index contributed by atoms with van der Waals surface area (Å²) in [5.41, 5.74) is 2.73. The molecular weight excluding hydrogens is 462 g/mol. The molecule has 0 aliphatic carbocycles. The van der Waals surface area contributed by atoms with Crippen molar-refractivity contribution in [3.05, 3.63) is 76.3 Å². The van der Waals surface area contributed by atoms with Gasteiger partial charge in [-0.1, -0.05) is 23.7 Å². The van der Waals surface area contributed by atoms with Crippen LogP contribution in [0.5, 0.6) is 0 Å². The quantitative estimate of drug-likeness (QED) is 0.474. The summed E-state index contributed by atoms with van der Waals surface area (Å²) in [6.45, 7) is 0.456. The van der Waals surface area contributed by atoms with E-state index in [1.165, 1.54) is 4.31 Å². The number of nitrogens with one attached hydrogen (secondary N) is 1. The third-order valence-corrected chi connectivity index (χ3v) is 7.74. The number of H-pyrrole nitrogens is 1. The normalized spacial score (nSPS) is 15.2. The smallest absolute Gasteiger partial charge is 0.329 e. The summed E-state index contributed by atoms with van der Waals surface area (Å²) in [6, 6.07) is 16.6. The minimum absolute atomic E-state index is 0.155. The Hall–Kier alpha value is -3.43. The second kappa shape index (κ2) is 8.17. The Bertz CT molecular complexity index is 1520. The third-order valence-electron chi connectivity index (χ3n) is 5.66. The third kappa shape index (κ3) is 4.05. The maximum atomic E-state index is 12.1. The van der Waals surface area contributed by atoms with E-state index in [-0.39, 0.29) is 5.75 Å². The predicted molar refractivity (Wildman–Crippen MR) is 131 cm³/mol. The molecule has 0 atom stereocenters. The van der Waals surface area contributed by atoms with Gasteiger partial charge in [-0.2, -0.15) is 4.98 Å². The molecule has 33 heavy (non-hydrogen) atoms. The summed E-state index contributed by atoms with van der Waals surface area (Å²) in [7, 11) is -1.43. The van der Waals surface area contributed by atoms with E-state index < -0.39 is 15.7 Å². The molecule has 5 rings (SSSR count). The number of halogens is 1. The summed E-state index contributed by atoms with van der Waals surface area (Å²) in [6.07, 6.45) is 2.28. The van der Waals surface area contributed by atoms with Gasteiger partial charge in [0.25, 0.3) is 0 Å². The Kier molecular flexibility index (Phi) is 5.30. The fourth-order valence-corrected chi connectivity index (χ4v) is 5.67. The van der Waals surface area contributed by atoms with Crippen LogP contribution in [0.25, 0.3) is 22.0 Å². The fourth-order valence-electron chi connectivity index (χ4n) is 3.99. The zero-order chi connectivity index (χ0) is 23.2. The van der Waals surface area contributed by atoms with E-state index in [9.17, 15) is 13.2 Å². The molecule has 10 heteroatoms. The van der Waals surface area contributed by atoms with Crippen LogP contribution in [-0.4, -0.2) is 42.7 Å². The van der Waals surface area contributed by atoms with Crippen LogP contribution in [0.1, 0.15) is 6.42 Å². The largest absolute Gasteiger partial charge is 0.347 e. The van der Waals surface area contributed by atoms with Gasteiger partial charge in [0, 0.05) is 41.4 Å². The topological polar surface area (TPSA) is 99.3 Å². The summed E-state index contributed by atoms with van der Waals surface area (Å²) in [4.78, 5) is 25.3. The number of benzene rings is 2. The molecule has 1 aliphatic heterocycles. The zero-order valence-corrected chi connectivity index (χ0v) is 19.3. The van der Waals surface area contributed by atoms with Crippen LogP contribution in [0.2, 0.25) is 5.02 Å². The summed E-state index contributed by atoms with van der Waals surface area (Å²) in [5, 5.41) is 1.29. The van der Waals surface area contributed by atoms with Crippen molar-refractivity contribution < 1.29 is 8.42 Å². The molecule has 0 unspecified atom stereocenters. The SMILES string of the molecule is CN(c1cccc(-c2ccc(N3CCCS3(=O)=O)nc2)c1)c1nc(=O)[nH]c2cc(Cl)ccc12. The Morgan fingerprint density at radius 2 is 1.94 bits per heavy atom. The highest BCUT2D eigenvalue weighted by Gasteiger charge is 2.29. The molecule has 168 valence electrons. The van der Waals surface area contributed by atoms with Crippen LogP contribution >= 0.6 is 11.6 Å². The van der Waals surface area contributed by atoms with Gasteiger partial charge in [-0.15, -0.1) is 0 Å². The summed E-state index contributed by atoms with van der Waals surface area (Å²) >= 11 is 6.08. The lowest BCUT2D eigenvalue weighted by Crippen LogP contribution is -2.25. The highest BCUT2D eigenvalue weighted by atomic mass is 35.5. The number of nitrogens with zero attached hydrogens (tertiary/aromatic N) is 4. The molecular formula is C23H20ClN5O3S. The molecule has 1 fully saturated rings. The summed E-state index contributed by atoms with van der Waals surface area (Å²) in [5.74, 6) is 1.10. The molecule has 0 amide bonds. The number of anilines is 3. The Balaban J connectivity index is 1.49. The molecule has 0 bridgehead atoms. The van der Waals surface area contributed by atoms with E-state index >= 15 is 0 Å². The minimum Gasteiger partial charge on any atom is -0.329 e. The number of aromatic nitrogens is 3. The lowest BCUT2D eigenvalue weighted by atomic mass is 10.1. The van der Waals surface area contributed by atoms with Crippen molar-refractivity contribution in [1.29, 1.82) is 0 Å². The van der Waals surface area contributed by atoms with E-state index in [1.807, 2.05) is 48.3 Å². The number of pyridine rings is 1. The molecule has 2 aromatic heterocycles. The van der Waals surface area contributed by atoms with Crippen molar-refractivity contribution >= 4 is 49.9 Å². The molecule has 1 aliphatic rings. The molecule has 3 heterocycles. The second-order valence-corrected chi connectivity index (χ2v) is 10.3. The molecule has 2 aromatic carbocycles. The van der Waals surface area contributed by atoms with Crippen molar-refractivity contribution in [1.82, 2.24) is 15.0 Å². The van der Waals surface area contributed by atoms with Crippen LogP contribution in [0, 0.1) is 0 Å². The molecule has 1 N–H and O–H groups in total. The second-order valence-electron chi connectivity index (χ2n) is 7.81. The first-order valence-corrected chi connectivity index (χ1v) is 12.3. The van der Waals surface area contributed by atoms with Crippen LogP contribution in [0.4, 0.5) is 17.3 Å². The lowest BCUT2D eigenvalue weighted by Gasteiger charge is -2.20. The molecule has 1 saturated heterocycles. The van der Waals surface area contributed by atoms with E-state index in [0.29, 0.717) is 35.1 Å². The standard InChI is InChI=1S/C23H20ClN5O3S/c1-28(22-19-8-7-17(24)13-20(19)26-23(30)27-22)18-5-2-4-15(12-18)16-6-9-21(25-14-16)29-10-3-11-33(29,31)32/h2,4-9,12-14H,3,10-11H2,1H3,(H,26,27,30). The van der Waals surface area contributed by atoms with E-state index in [1.54, 1.807) is 24.4 Å². The average molecular weight is 482 g/mol. The minimum atomic E-state index is -3.27. The first kappa shape index (κ1) is 21.4. The molecule has 8 nitrogen and oxygen atoms in total. The van der Waals surface area contributed by atoms with E-state index in [2.05, 4.69) is 15.0 Å². The highest BCUT2D eigenvalue weighted by Crippen LogP contribution is 2.32. The van der Waals surface area contributed by atoms with Crippen molar-refractivity contribution in [2.75, 3.05) is 28.6 Å². The first-order chi connectivity index (χ1) is 15.8. The Labute approximate surface area is 195 Å². The maximum Gasteiger partial charge on any atom is 0.347 e. The molecule has 4 aromatic rings. The van der Waals surface area contributed by atoms with Crippen molar-refractivity contribution in [3.63, 3.8) is 0 Å². The summed E-state index contributed by atoms with van der Waals surface area (Å²) < 4.78 is 25.7. The lowest BCUT2D eigenvalue weighted by molar-refractivity contribution is 0.599. The van der Waals surface area contributed by atoms with Gasteiger partial charge in [0.1, 0.15) is 11.6 Å². The monoisotopic (exact) mass is 481 g/mol. The number of sulfonamides is 1. The zero-order valence-electron chi connectivity index (χ0n) is 17.7. The van der Waals surface area contributed by atoms with Gasteiger partial charge in [-0.25, -0.2) is 18.2 Å². The maximum absolute atomic E-state index is 12.1. The Morgan fingerprint density at radius 3 is 2.67 bits per heavy atom. The van der Waals surface area contributed by atoms with Crippen molar-refractivity contribution in [2.24, 2.45) is 0 Å². The number of rotatable bonds is 4. The average Bonchev–Trinajstić information content (AvgIpc) is 3.16. The number of hydrogen-bond donors (Lipinski definition) is 1. The van der Waals surface area contributed by atoms with Gasteiger partial charge < -0.3 is 9.88 Å². The van der Waals surface area contributed by atoms with Crippen LogP contribution in [-0.2, 0) is 10.0 Å². The predicted octanol–water partition coefficient (Wildman–Crippen LogP) is 3.95. The number of aromatic amines is 1. The molecule has 0 radical (unpaired) electrons.